The molecule has 1 fully saturated rings. The van der Waals surface area contributed by atoms with Gasteiger partial charge in [-0.3, -0.25) is 15.2 Å². The fourth-order valence-electron chi connectivity index (χ4n) is 6.32. The summed E-state index contributed by atoms with van der Waals surface area (Å²) in [4.78, 5) is 4.51. The first-order valence-corrected chi connectivity index (χ1v) is 13.8. The summed E-state index contributed by atoms with van der Waals surface area (Å²) < 4.78 is 4.50. The van der Waals surface area contributed by atoms with E-state index in [4.69, 9.17) is 0 Å². The summed E-state index contributed by atoms with van der Waals surface area (Å²) in [5.74, 6) is 1.35. The highest BCUT2D eigenvalue weighted by Gasteiger charge is 2.33. The van der Waals surface area contributed by atoms with Crippen LogP contribution in [0.5, 0.6) is 0 Å². The number of piperidine rings is 1. The van der Waals surface area contributed by atoms with Gasteiger partial charge < -0.3 is 14.2 Å². The number of likely N-dealkylation sites (tertiary alicyclic amines) is 1. The van der Waals surface area contributed by atoms with Crippen molar-refractivity contribution in [1.29, 1.82) is 0 Å². The molecule has 0 spiro atoms. The molecule has 0 radical (unpaired) electrons. The number of anilines is 1. The van der Waals surface area contributed by atoms with Gasteiger partial charge in [0, 0.05) is 54.4 Å². The van der Waals surface area contributed by atoms with Gasteiger partial charge in [-0.15, -0.1) is 12.4 Å². The highest BCUT2D eigenvalue weighted by molar-refractivity contribution is 6.20. The average Bonchev–Trinajstić information content (AvgIpc) is 3.63. The number of aromatic nitrogens is 2. The third kappa shape index (κ3) is 4.74. The van der Waals surface area contributed by atoms with Crippen LogP contribution in [0.2, 0.25) is 0 Å². The van der Waals surface area contributed by atoms with Gasteiger partial charge in [0.1, 0.15) is 0 Å². The number of para-hydroxylation sites is 2. The summed E-state index contributed by atoms with van der Waals surface area (Å²) in [6.45, 7) is 4.24. The lowest BCUT2D eigenvalue weighted by molar-refractivity contribution is 0.159. The standard InChI is InChI=1S/C32H34N6O.ClH/c1-35-21-27(25-11-5-7-13-28(25)35)31-33-34-32(39)38(31)30-22-37(29-14-8-6-12-26(29)30)20-24-15-17-36(18-16-24)19-23-9-3-2-4-10-23;/h2-14,21-22,24,32,34,39H,15-20H2,1H3;1H. The van der Waals surface area contributed by atoms with Gasteiger partial charge in [0.15, 0.2) is 5.84 Å². The Kier molecular flexibility index (Phi) is 7.27. The van der Waals surface area contributed by atoms with E-state index in [1.54, 1.807) is 0 Å². The largest absolute Gasteiger partial charge is 0.355 e. The van der Waals surface area contributed by atoms with Gasteiger partial charge in [0.25, 0.3) is 0 Å². The van der Waals surface area contributed by atoms with Gasteiger partial charge in [-0.1, -0.05) is 66.7 Å². The number of nitrogens with one attached hydrogen (secondary N) is 1. The Bertz CT molecular complexity index is 1650. The number of fused-ring (bicyclic) bond motifs is 2. The minimum absolute atomic E-state index is 0. The van der Waals surface area contributed by atoms with Gasteiger partial charge in [-0.05, 0) is 49.5 Å². The van der Waals surface area contributed by atoms with E-state index in [0.717, 1.165) is 59.6 Å². The quantitative estimate of drug-likeness (QED) is 0.290. The SMILES string of the molecule is Cl.Cn1cc(C2=NNC(O)N2c2cn(CC3CCN(Cc4ccccc4)CC3)c3ccccc23)c2ccccc21. The number of amidine groups is 1. The monoisotopic (exact) mass is 554 g/mol. The molecular weight excluding hydrogens is 520 g/mol. The van der Waals surface area contributed by atoms with Crippen molar-refractivity contribution in [3.63, 3.8) is 0 Å². The summed E-state index contributed by atoms with van der Waals surface area (Å²) in [7, 11) is 2.05. The molecule has 0 aliphatic carbocycles. The highest BCUT2D eigenvalue weighted by Crippen LogP contribution is 2.35. The molecule has 0 saturated carbocycles. The van der Waals surface area contributed by atoms with E-state index < -0.39 is 6.35 Å². The van der Waals surface area contributed by atoms with Crippen LogP contribution >= 0.6 is 12.4 Å². The molecule has 2 N–H and O–H groups in total. The van der Waals surface area contributed by atoms with Crippen molar-refractivity contribution in [2.24, 2.45) is 18.1 Å². The number of hydrogen-bond acceptors (Lipinski definition) is 5. The molecule has 4 heterocycles. The van der Waals surface area contributed by atoms with E-state index >= 15 is 0 Å². The molecule has 0 amide bonds. The van der Waals surface area contributed by atoms with Crippen molar-refractivity contribution in [2.45, 2.75) is 32.3 Å². The molecule has 8 heteroatoms. The molecule has 7 rings (SSSR count). The van der Waals surface area contributed by atoms with Crippen LogP contribution < -0.4 is 10.3 Å². The number of aliphatic hydroxyl groups excluding tert-OH is 1. The number of rotatable bonds is 6. The van der Waals surface area contributed by atoms with Gasteiger partial charge in [0.05, 0.1) is 11.2 Å². The van der Waals surface area contributed by atoms with E-state index in [1.807, 2.05) is 24.1 Å². The van der Waals surface area contributed by atoms with Gasteiger partial charge >= 0.3 is 0 Å². The lowest BCUT2D eigenvalue weighted by Gasteiger charge is -2.32. The normalized spacial score (nSPS) is 18.2. The molecule has 0 bridgehead atoms. The number of aryl methyl sites for hydroxylation is 1. The lowest BCUT2D eigenvalue weighted by Crippen LogP contribution is -2.40. The summed E-state index contributed by atoms with van der Waals surface area (Å²) in [5.41, 5.74) is 8.60. The first kappa shape index (κ1) is 26.4. The first-order valence-electron chi connectivity index (χ1n) is 13.8. The van der Waals surface area contributed by atoms with E-state index in [2.05, 4.69) is 104 Å². The van der Waals surface area contributed by atoms with Crippen molar-refractivity contribution >= 4 is 45.7 Å². The Balaban J connectivity index is 0.00000289. The number of hydrogen-bond donors (Lipinski definition) is 2. The Morgan fingerprint density at radius 3 is 2.30 bits per heavy atom. The first-order chi connectivity index (χ1) is 19.2. The fraction of sp³-hybridized carbons (Fsp3) is 0.281. The fourth-order valence-corrected chi connectivity index (χ4v) is 6.32. The molecule has 5 aromatic rings. The molecule has 206 valence electrons. The van der Waals surface area contributed by atoms with E-state index in [0.29, 0.717) is 5.92 Å². The van der Waals surface area contributed by atoms with Crippen LogP contribution in [0, 0.1) is 5.92 Å². The van der Waals surface area contributed by atoms with Gasteiger partial charge in [-0.25, -0.2) is 0 Å². The lowest BCUT2D eigenvalue weighted by atomic mass is 9.96. The maximum atomic E-state index is 11.1. The van der Waals surface area contributed by atoms with Crippen LogP contribution in [0.4, 0.5) is 5.69 Å². The predicted octanol–water partition coefficient (Wildman–Crippen LogP) is 5.51. The summed E-state index contributed by atoms with van der Waals surface area (Å²) >= 11 is 0. The molecule has 1 unspecified atom stereocenters. The number of benzene rings is 3. The van der Waals surface area contributed by atoms with Crippen molar-refractivity contribution in [3.05, 3.63) is 102 Å². The van der Waals surface area contributed by atoms with Crippen LogP contribution in [0.1, 0.15) is 24.0 Å². The van der Waals surface area contributed by atoms with Crippen molar-refractivity contribution in [1.82, 2.24) is 19.5 Å². The number of nitrogens with zero attached hydrogens (tertiary/aromatic N) is 5. The second-order valence-electron chi connectivity index (χ2n) is 10.9. The maximum Gasteiger partial charge on any atom is 0.226 e. The Hall–Kier alpha value is -3.78. The van der Waals surface area contributed by atoms with Crippen molar-refractivity contribution in [3.8, 4) is 0 Å². The predicted molar refractivity (Wildman–Crippen MR) is 165 cm³/mol. The zero-order chi connectivity index (χ0) is 26.3. The molecule has 2 aromatic heterocycles. The summed E-state index contributed by atoms with van der Waals surface area (Å²) in [6, 6.07) is 27.6. The number of aliphatic hydroxyl groups is 1. The average molecular weight is 555 g/mol. The van der Waals surface area contributed by atoms with E-state index in [-0.39, 0.29) is 12.4 Å². The van der Waals surface area contributed by atoms with Crippen LogP contribution in [-0.2, 0) is 20.1 Å². The summed E-state index contributed by atoms with van der Waals surface area (Å²) in [6.07, 6.45) is 5.74. The molecule has 1 saturated heterocycles. The Morgan fingerprint density at radius 1 is 0.850 bits per heavy atom. The molecule has 3 aromatic carbocycles. The van der Waals surface area contributed by atoms with E-state index in [1.165, 1.54) is 23.9 Å². The van der Waals surface area contributed by atoms with Crippen molar-refractivity contribution < 1.29 is 5.11 Å². The molecule has 1 atom stereocenters. The topological polar surface area (TPSA) is 61.0 Å². The second kappa shape index (κ2) is 11.0. The smallest absolute Gasteiger partial charge is 0.226 e. The van der Waals surface area contributed by atoms with Crippen LogP contribution in [0.3, 0.4) is 0 Å². The molecule has 40 heavy (non-hydrogen) atoms. The van der Waals surface area contributed by atoms with Crippen LogP contribution in [-0.4, -0.2) is 44.4 Å². The zero-order valence-electron chi connectivity index (χ0n) is 22.6. The maximum absolute atomic E-state index is 11.1. The van der Waals surface area contributed by atoms with Gasteiger partial charge in [-0.2, -0.15) is 5.10 Å². The highest BCUT2D eigenvalue weighted by atomic mass is 35.5. The van der Waals surface area contributed by atoms with Gasteiger partial charge in [0.2, 0.25) is 6.35 Å². The molecule has 7 nitrogen and oxygen atoms in total. The minimum Gasteiger partial charge on any atom is -0.355 e. The van der Waals surface area contributed by atoms with Crippen molar-refractivity contribution in [2.75, 3.05) is 18.0 Å². The Labute approximate surface area is 240 Å². The minimum atomic E-state index is -0.931. The third-order valence-corrected chi connectivity index (χ3v) is 8.33. The van der Waals surface area contributed by atoms with Crippen LogP contribution in [0.25, 0.3) is 21.8 Å². The molecule has 2 aliphatic rings. The third-order valence-electron chi connectivity index (χ3n) is 8.33. The summed E-state index contributed by atoms with van der Waals surface area (Å²) in [5, 5.41) is 17.9. The number of hydrazone groups is 1. The van der Waals surface area contributed by atoms with Crippen LogP contribution in [0.15, 0.2) is 96.4 Å². The second-order valence-corrected chi connectivity index (χ2v) is 10.9. The molecular formula is C32H35ClN6O. The molecule has 2 aliphatic heterocycles. The zero-order valence-corrected chi connectivity index (χ0v) is 23.5. The Morgan fingerprint density at radius 2 is 1.52 bits per heavy atom. The number of halogens is 1. The van der Waals surface area contributed by atoms with E-state index in [9.17, 15) is 5.11 Å².